The summed E-state index contributed by atoms with van der Waals surface area (Å²) in [5, 5.41) is 13.9. The van der Waals surface area contributed by atoms with E-state index in [1.807, 2.05) is 31.2 Å². The van der Waals surface area contributed by atoms with E-state index < -0.39 is 0 Å². The van der Waals surface area contributed by atoms with Crippen molar-refractivity contribution in [1.29, 1.82) is 0 Å². The molecule has 0 aliphatic heterocycles. The third-order valence-electron chi connectivity index (χ3n) is 4.41. The number of hydrogen-bond acceptors (Lipinski definition) is 4. The molecule has 0 saturated heterocycles. The SMILES string of the molecule is Cc1ccc(-n2nc(CO)nc2-c2ccc(C3CC3)nc2C)cc1. The molecule has 0 radical (unpaired) electrons. The largest absolute Gasteiger partial charge is 0.388 e. The normalized spacial score (nSPS) is 14.1. The molecule has 5 heteroatoms. The first-order chi connectivity index (χ1) is 11.7. The molecule has 24 heavy (non-hydrogen) atoms. The van der Waals surface area contributed by atoms with Crippen molar-refractivity contribution in [2.75, 3.05) is 0 Å². The molecule has 1 N–H and O–H groups in total. The fraction of sp³-hybridized carbons (Fsp3) is 0.316. The highest BCUT2D eigenvalue weighted by molar-refractivity contribution is 5.61. The molecular weight excluding hydrogens is 300 g/mol. The topological polar surface area (TPSA) is 63.8 Å². The number of hydrogen-bond donors (Lipinski definition) is 1. The lowest BCUT2D eigenvalue weighted by Crippen LogP contribution is -2.02. The molecule has 0 amide bonds. The van der Waals surface area contributed by atoms with Crippen LogP contribution in [0.1, 0.15) is 41.5 Å². The second-order valence-corrected chi connectivity index (χ2v) is 6.40. The van der Waals surface area contributed by atoms with Gasteiger partial charge in [-0.1, -0.05) is 17.7 Å². The Morgan fingerprint density at radius 1 is 1.04 bits per heavy atom. The molecule has 0 atom stereocenters. The fourth-order valence-electron chi connectivity index (χ4n) is 2.89. The molecule has 2 heterocycles. The maximum atomic E-state index is 9.45. The summed E-state index contributed by atoms with van der Waals surface area (Å²) in [7, 11) is 0. The smallest absolute Gasteiger partial charge is 0.177 e. The Labute approximate surface area is 141 Å². The molecule has 1 saturated carbocycles. The zero-order chi connectivity index (χ0) is 16.7. The monoisotopic (exact) mass is 320 g/mol. The Morgan fingerprint density at radius 2 is 1.79 bits per heavy atom. The van der Waals surface area contributed by atoms with E-state index in [-0.39, 0.29) is 6.61 Å². The van der Waals surface area contributed by atoms with Gasteiger partial charge in [0.1, 0.15) is 6.61 Å². The van der Waals surface area contributed by atoms with Crippen LogP contribution in [-0.2, 0) is 6.61 Å². The maximum Gasteiger partial charge on any atom is 0.177 e. The van der Waals surface area contributed by atoms with Crippen molar-refractivity contribution in [3.05, 3.63) is 59.2 Å². The van der Waals surface area contributed by atoms with Crippen LogP contribution in [0.5, 0.6) is 0 Å². The second-order valence-electron chi connectivity index (χ2n) is 6.40. The van der Waals surface area contributed by atoms with Crippen LogP contribution in [0.15, 0.2) is 36.4 Å². The predicted octanol–water partition coefficient (Wildman–Crippen LogP) is 3.32. The van der Waals surface area contributed by atoms with Gasteiger partial charge in [-0.2, -0.15) is 0 Å². The molecule has 1 aliphatic rings. The van der Waals surface area contributed by atoms with Gasteiger partial charge in [-0.25, -0.2) is 9.67 Å². The molecule has 1 fully saturated rings. The summed E-state index contributed by atoms with van der Waals surface area (Å²) in [6.45, 7) is 3.88. The van der Waals surface area contributed by atoms with Crippen LogP contribution in [-0.4, -0.2) is 24.9 Å². The summed E-state index contributed by atoms with van der Waals surface area (Å²) in [5.41, 5.74) is 5.18. The summed E-state index contributed by atoms with van der Waals surface area (Å²) in [5.74, 6) is 1.76. The molecular formula is C19H20N4O. The van der Waals surface area contributed by atoms with E-state index in [2.05, 4.69) is 29.1 Å². The molecule has 1 aromatic carbocycles. The first-order valence-corrected chi connectivity index (χ1v) is 8.27. The number of aliphatic hydroxyl groups excluding tert-OH is 1. The van der Waals surface area contributed by atoms with E-state index in [4.69, 9.17) is 4.98 Å². The van der Waals surface area contributed by atoms with Gasteiger partial charge in [-0.15, -0.1) is 5.10 Å². The summed E-state index contributed by atoms with van der Waals surface area (Å²) in [6.07, 6.45) is 2.47. The Morgan fingerprint density at radius 3 is 2.42 bits per heavy atom. The predicted molar refractivity (Wildman–Crippen MR) is 92.0 cm³/mol. The molecule has 5 nitrogen and oxygen atoms in total. The number of aryl methyl sites for hydroxylation is 2. The van der Waals surface area contributed by atoms with E-state index in [1.54, 1.807) is 4.68 Å². The summed E-state index contributed by atoms with van der Waals surface area (Å²) in [4.78, 5) is 9.26. The third kappa shape index (κ3) is 2.71. The summed E-state index contributed by atoms with van der Waals surface area (Å²) in [6, 6.07) is 12.3. The van der Waals surface area contributed by atoms with Crippen LogP contribution in [0, 0.1) is 13.8 Å². The lowest BCUT2D eigenvalue weighted by atomic mass is 10.1. The van der Waals surface area contributed by atoms with E-state index in [0.29, 0.717) is 11.7 Å². The summed E-state index contributed by atoms with van der Waals surface area (Å²) >= 11 is 0. The van der Waals surface area contributed by atoms with Gasteiger partial charge < -0.3 is 5.11 Å². The number of aliphatic hydroxyl groups is 1. The second kappa shape index (κ2) is 5.83. The molecule has 122 valence electrons. The molecule has 2 aromatic heterocycles. The van der Waals surface area contributed by atoms with Crippen molar-refractivity contribution in [3.8, 4) is 17.1 Å². The minimum atomic E-state index is -0.182. The van der Waals surface area contributed by atoms with E-state index >= 15 is 0 Å². The van der Waals surface area contributed by atoms with Gasteiger partial charge in [0.15, 0.2) is 11.6 Å². The van der Waals surface area contributed by atoms with Gasteiger partial charge in [0.05, 0.1) is 5.69 Å². The van der Waals surface area contributed by atoms with Crippen molar-refractivity contribution in [3.63, 3.8) is 0 Å². The number of rotatable bonds is 4. The van der Waals surface area contributed by atoms with Crippen LogP contribution in [0.25, 0.3) is 17.1 Å². The van der Waals surface area contributed by atoms with Crippen LogP contribution in [0.3, 0.4) is 0 Å². The molecule has 4 rings (SSSR count). The summed E-state index contributed by atoms with van der Waals surface area (Å²) < 4.78 is 1.78. The lowest BCUT2D eigenvalue weighted by molar-refractivity contribution is 0.271. The van der Waals surface area contributed by atoms with Crippen LogP contribution in [0.2, 0.25) is 0 Å². The molecule has 3 aromatic rings. The van der Waals surface area contributed by atoms with Crippen LogP contribution >= 0.6 is 0 Å². The van der Waals surface area contributed by atoms with Gasteiger partial charge in [0.2, 0.25) is 0 Å². The zero-order valence-corrected chi connectivity index (χ0v) is 13.9. The third-order valence-corrected chi connectivity index (χ3v) is 4.41. The van der Waals surface area contributed by atoms with Crippen molar-refractivity contribution in [2.45, 2.75) is 39.2 Å². The Hall–Kier alpha value is -2.53. The Balaban J connectivity index is 1.82. The number of benzene rings is 1. The highest BCUT2D eigenvalue weighted by Crippen LogP contribution is 2.39. The van der Waals surface area contributed by atoms with E-state index in [9.17, 15) is 5.11 Å². The maximum absolute atomic E-state index is 9.45. The van der Waals surface area contributed by atoms with Gasteiger partial charge in [0, 0.05) is 22.9 Å². The first kappa shape index (κ1) is 15.0. The zero-order valence-electron chi connectivity index (χ0n) is 13.9. The quantitative estimate of drug-likeness (QED) is 0.801. The van der Waals surface area contributed by atoms with E-state index in [0.717, 1.165) is 22.8 Å². The van der Waals surface area contributed by atoms with Gasteiger partial charge in [-0.3, -0.25) is 4.98 Å². The average molecular weight is 320 g/mol. The van der Waals surface area contributed by atoms with Crippen molar-refractivity contribution in [1.82, 2.24) is 19.7 Å². The van der Waals surface area contributed by atoms with E-state index in [1.165, 1.54) is 24.1 Å². The van der Waals surface area contributed by atoms with Gasteiger partial charge >= 0.3 is 0 Å². The number of pyridine rings is 1. The standard InChI is InChI=1S/C19H20N4O/c1-12-3-7-15(8-4-12)23-19(21-18(11-24)22-23)16-9-10-17(14-5-6-14)20-13(16)2/h3-4,7-10,14,24H,5-6,11H2,1-2H3. The molecule has 0 bridgehead atoms. The minimum Gasteiger partial charge on any atom is -0.388 e. The molecule has 0 spiro atoms. The van der Waals surface area contributed by atoms with Crippen molar-refractivity contribution < 1.29 is 5.11 Å². The van der Waals surface area contributed by atoms with Crippen molar-refractivity contribution in [2.24, 2.45) is 0 Å². The van der Waals surface area contributed by atoms with Crippen LogP contribution in [0.4, 0.5) is 0 Å². The average Bonchev–Trinajstić information content (AvgIpc) is 3.35. The van der Waals surface area contributed by atoms with Crippen molar-refractivity contribution >= 4 is 0 Å². The lowest BCUT2D eigenvalue weighted by Gasteiger charge is -2.09. The Bertz CT molecular complexity index is 879. The molecule has 0 unspecified atom stereocenters. The number of nitrogens with zero attached hydrogens (tertiary/aromatic N) is 4. The molecule has 1 aliphatic carbocycles. The minimum absolute atomic E-state index is 0.182. The highest BCUT2D eigenvalue weighted by atomic mass is 16.3. The highest BCUT2D eigenvalue weighted by Gasteiger charge is 2.26. The van der Waals surface area contributed by atoms with Gasteiger partial charge in [-0.05, 0) is 51.0 Å². The fourth-order valence-corrected chi connectivity index (χ4v) is 2.89. The Kier molecular flexibility index (Phi) is 3.65. The van der Waals surface area contributed by atoms with Crippen LogP contribution < -0.4 is 0 Å². The number of aromatic nitrogens is 4. The first-order valence-electron chi connectivity index (χ1n) is 8.27. The van der Waals surface area contributed by atoms with Gasteiger partial charge in [0.25, 0.3) is 0 Å².